The van der Waals surface area contributed by atoms with Gasteiger partial charge in [-0.25, -0.2) is 0 Å². The van der Waals surface area contributed by atoms with Gasteiger partial charge in [-0.3, -0.25) is 14.6 Å². The number of aromatic amines is 1. The Labute approximate surface area is 163 Å². The normalized spacial score (nSPS) is 12.2. The molecule has 0 spiro atoms. The third kappa shape index (κ3) is 4.60. The Hall–Kier alpha value is -3.68. The topological polar surface area (TPSA) is 74.8 Å². The highest BCUT2D eigenvalue weighted by Crippen LogP contribution is 2.31. The quantitative estimate of drug-likeness (QED) is 0.682. The van der Waals surface area contributed by atoms with E-state index in [2.05, 4.69) is 21.9 Å². The molecule has 0 saturated heterocycles. The number of hydrogen-bond acceptors (Lipinski definition) is 3. The molecule has 2 heterocycles. The van der Waals surface area contributed by atoms with Gasteiger partial charge in [-0.05, 0) is 35.4 Å². The molecule has 0 bridgehead atoms. The van der Waals surface area contributed by atoms with Crippen LogP contribution in [-0.2, 0) is 6.18 Å². The lowest BCUT2D eigenvalue weighted by molar-refractivity contribution is -0.137. The molecular weight excluding hydrogens is 383 g/mol. The molecule has 1 atom stereocenters. The second-order valence-electron chi connectivity index (χ2n) is 6.15. The predicted octanol–water partition coefficient (Wildman–Crippen LogP) is 3.95. The summed E-state index contributed by atoms with van der Waals surface area (Å²) in [6, 6.07) is 9.64. The van der Waals surface area contributed by atoms with Crippen LogP contribution in [-0.4, -0.2) is 15.9 Å². The maximum atomic E-state index is 12.9. The number of benzene rings is 1. The van der Waals surface area contributed by atoms with E-state index in [-0.39, 0.29) is 11.1 Å². The van der Waals surface area contributed by atoms with Gasteiger partial charge in [0.1, 0.15) is 0 Å². The molecule has 8 heteroatoms. The zero-order chi connectivity index (χ0) is 21.0. The van der Waals surface area contributed by atoms with Gasteiger partial charge in [0.25, 0.3) is 5.91 Å². The van der Waals surface area contributed by atoms with Crippen LogP contribution in [0.4, 0.5) is 13.2 Å². The Kier molecular flexibility index (Phi) is 5.63. The number of H-pyrrole nitrogens is 1. The zero-order valence-electron chi connectivity index (χ0n) is 15.0. The highest BCUT2D eigenvalue weighted by atomic mass is 19.4. The molecule has 1 amide bonds. The predicted molar refractivity (Wildman–Crippen MR) is 102 cm³/mol. The summed E-state index contributed by atoms with van der Waals surface area (Å²) in [7, 11) is 0. The highest BCUT2D eigenvalue weighted by molar-refractivity contribution is 5.94. The molecule has 0 fully saturated rings. The fourth-order valence-electron chi connectivity index (χ4n) is 2.78. The summed E-state index contributed by atoms with van der Waals surface area (Å²) < 4.78 is 38.7. The minimum absolute atomic E-state index is 0.192. The lowest BCUT2D eigenvalue weighted by Crippen LogP contribution is -2.31. The first-order valence-corrected chi connectivity index (χ1v) is 8.53. The van der Waals surface area contributed by atoms with Crippen molar-refractivity contribution in [2.45, 2.75) is 12.2 Å². The van der Waals surface area contributed by atoms with E-state index in [0.29, 0.717) is 16.8 Å². The molecule has 3 aromatic rings. The van der Waals surface area contributed by atoms with E-state index in [0.717, 1.165) is 12.1 Å². The maximum Gasteiger partial charge on any atom is 0.416 e. The van der Waals surface area contributed by atoms with Gasteiger partial charge >= 0.3 is 6.18 Å². The number of nitrogens with one attached hydrogen (secondary N) is 2. The SMILES string of the molecule is C=Cc1cccnc1C(NC(=O)c1ccc(=O)[nH]c1)c1ccc(C(F)(F)F)cc1. The Morgan fingerprint density at radius 1 is 1.14 bits per heavy atom. The van der Waals surface area contributed by atoms with Crippen molar-refractivity contribution in [3.05, 3.63) is 106 Å². The summed E-state index contributed by atoms with van der Waals surface area (Å²) in [5.74, 6) is -0.521. The number of carbonyl (C=O) groups is 1. The van der Waals surface area contributed by atoms with Crippen molar-refractivity contribution >= 4 is 12.0 Å². The maximum absolute atomic E-state index is 12.9. The standard InChI is InChI=1S/C21H16F3N3O2/c1-2-13-4-3-11-25-18(13)19(14-5-8-16(9-6-14)21(22,23)24)27-20(29)15-7-10-17(28)26-12-15/h2-12,19H,1H2,(H,26,28)(H,27,29). The number of rotatable bonds is 5. The number of nitrogens with zero attached hydrogens (tertiary/aromatic N) is 1. The minimum atomic E-state index is -4.47. The number of halogens is 3. The molecular formula is C21H16F3N3O2. The number of pyridine rings is 2. The fraction of sp³-hybridized carbons (Fsp3) is 0.0952. The number of amides is 1. The third-order valence-corrected chi connectivity index (χ3v) is 4.26. The van der Waals surface area contributed by atoms with Crippen molar-refractivity contribution in [2.75, 3.05) is 0 Å². The zero-order valence-corrected chi connectivity index (χ0v) is 15.0. The number of hydrogen-bond donors (Lipinski definition) is 2. The van der Waals surface area contributed by atoms with Gasteiger partial charge in [0.15, 0.2) is 0 Å². The highest BCUT2D eigenvalue weighted by Gasteiger charge is 2.30. The van der Waals surface area contributed by atoms with Gasteiger partial charge in [-0.1, -0.05) is 30.9 Å². The monoisotopic (exact) mass is 399 g/mol. The van der Waals surface area contributed by atoms with E-state index >= 15 is 0 Å². The van der Waals surface area contributed by atoms with E-state index in [1.54, 1.807) is 18.2 Å². The van der Waals surface area contributed by atoms with Gasteiger partial charge in [0, 0.05) is 18.5 Å². The molecule has 5 nitrogen and oxygen atoms in total. The van der Waals surface area contributed by atoms with Crippen molar-refractivity contribution in [3.63, 3.8) is 0 Å². The lowest BCUT2D eigenvalue weighted by atomic mass is 9.97. The van der Waals surface area contributed by atoms with E-state index in [4.69, 9.17) is 0 Å². The van der Waals surface area contributed by atoms with Gasteiger partial charge < -0.3 is 10.3 Å². The Bertz CT molecular complexity index is 1070. The molecule has 2 aromatic heterocycles. The van der Waals surface area contributed by atoms with Gasteiger partial charge in [-0.15, -0.1) is 0 Å². The van der Waals surface area contributed by atoms with Gasteiger partial charge in [0.05, 0.1) is 22.9 Å². The van der Waals surface area contributed by atoms with E-state index in [1.165, 1.54) is 36.7 Å². The first kappa shape index (κ1) is 20.1. The molecule has 0 radical (unpaired) electrons. The van der Waals surface area contributed by atoms with E-state index in [9.17, 15) is 22.8 Å². The second-order valence-corrected chi connectivity index (χ2v) is 6.15. The molecule has 1 unspecified atom stereocenters. The third-order valence-electron chi connectivity index (χ3n) is 4.26. The molecule has 3 rings (SSSR count). The Morgan fingerprint density at radius 3 is 2.45 bits per heavy atom. The van der Waals surface area contributed by atoms with Crippen molar-refractivity contribution in [3.8, 4) is 0 Å². The smallest absolute Gasteiger partial charge is 0.339 e. The molecule has 0 saturated carbocycles. The summed E-state index contributed by atoms with van der Waals surface area (Å²) in [6.45, 7) is 3.72. The van der Waals surface area contributed by atoms with Crippen LogP contribution in [0.15, 0.2) is 72.3 Å². The van der Waals surface area contributed by atoms with E-state index < -0.39 is 23.7 Å². The van der Waals surface area contributed by atoms with E-state index in [1.807, 2.05) is 0 Å². The van der Waals surface area contributed by atoms with Crippen molar-refractivity contribution in [2.24, 2.45) is 0 Å². The van der Waals surface area contributed by atoms with Gasteiger partial charge in [0.2, 0.25) is 5.56 Å². The van der Waals surface area contributed by atoms with Crippen LogP contribution in [0.3, 0.4) is 0 Å². The fourth-order valence-corrected chi connectivity index (χ4v) is 2.78. The van der Waals surface area contributed by atoms with Crippen LogP contribution in [0, 0.1) is 0 Å². The molecule has 0 aliphatic carbocycles. The number of carbonyl (C=O) groups excluding carboxylic acids is 1. The van der Waals surface area contributed by atoms with Crippen molar-refractivity contribution in [1.29, 1.82) is 0 Å². The van der Waals surface area contributed by atoms with Crippen LogP contribution in [0.2, 0.25) is 0 Å². The summed E-state index contributed by atoms with van der Waals surface area (Å²) >= 11 is 0. The summed E-state index contributed by atoms with van der Waals surface area (Å²) in [6.07, 6.45) is -0.143. The Balaban J connectivity index is 2.02. The summed E-state index contributed by atoms with van der Waals surface area (Å²) in [4.78, 5) is 30.6. The summed E-state index contributed by atoms with van der Waals surface area (Å²) in [5, 5.41) is 2.77. The van der Waals surface area contributed by atoms with Crippen LogP contribution in [0.25, 0.3) is 6.08 Å². The van der Waals surface area contributed by atoms with Crippen molar-refractivity contribution < 1.29 is 18.0 Å². The second kappa shape index (κ2) is 8.14. The van der Waals surface area contributed by atoms with Crippen LogP contribution in [0.5, 0.6) is 0 Å². The molecule has 29 heavy (non-hydrogen) atoms. The van der Waals surface area contributed by atoms with Crippen LogP contribution < -0.4 is 10.9 Å². The Morgan fingerprint density at radius 2 is 1.86 bits per heavy atom. The number of alkyl halides is 3. The average Bonchev–Trinajstić information content (AvgIpc) is 2.72. The van der Waals surface area contributed by atoms with Crippen molar-refractivity contribution in [1.82, 2.24) is 15.3 Å². The van der Waals surface area contributed by atoms with Crippen LogP contribution in [0.1, 0.15) is 38.8 Å². The molecule has 1 aromatic carbocycles. The minimum Gasteiger partial charge on any atom is -0.339 e. The average molecular weight is 399 g/mol. The molecule has 148 valence electrons. The molecule has 0 aliphatic heterocycles. The van der Waals surface area contributed by atoms with Crippen LogP contribution >= 0.6 is 0 Å². The number of aromatic nitrogens is 2. The lowest BCUT2D eigenvalue weighted by Gasteiger charge is -2.21. The first-order chi connectivity index (χ1) is 13.8. The molecule has 0 aliphatic rings. The summed E-state index contributed by atoms with van der Waals surface area (Å²) in [5.41, 5.74) is 0.505. The first-order valence-electron chi connectivity index (χ1n) is 8.53. The largest absolute Gasteiger partial charge is 0.416 e. The molecule has 2 N–H and O–H groups in total. The van der Waals surface area contributed by atoms with Gasteiger partial charge in [-0.2, -0.15) is 13.2 Å².